The molecular weight excluding hydrogens is 308 g/mol. The molecule has 4 nitrogen and oxygen atoms in total. The Balaban J connectivity index is 1.80. The van der Waals surface area contributed by atoms with Crippen LogP contribution in [0.5, 0.6) is 0 Å². The second kappa shape index (κ2) is 5.74. The van der Waals surface area contributed by atoms with Crippen LogP contribution in [-0.4, -0.2) is 34.5 Å². The quantitative estimate of drug-likeness (QED) is 0.795. The Labute approximate surface area is 138 Å². The zero-order valence-corrected chi connectivity index (χ0v) is 13.4. The number of carbonyl (C=O) groups excluding carboxylic acids is 2. The van der Waals surface area contributed by atoms with E-state index in [0.29, 0.717) is 10.6 Å². The third-order valence-electron chi connectivity index (χ3n) is 4.29. The number of allylic oxidation sites excluding steroid dienone is 1. The number of aromatic nitrogens is 1. The summed E-state index contributed by atoms with van der Waals surface area (Å²) in [5, 5.41) is 0.793. The van der Waals surface area contributed by atoms with Crippen LogP contribution in [0.2, 0.25) is 0 Å². The van der Waals surface area contributed by atoms with Crippen molar-refractivity contribution < 1.29 is 9.59 Å². The molecule has 5 heteroatoms. The third kappa shape index (κ3) is 2.51. The van der Waals surface area contributed by atoms with Gasteiger partial charge in [-0.15, -0.1) is 11.3 Å². The summed E-state index contributed by atoms with van der Waals surface area (Å²) < 4.78 is 0. The Morgan fingerprint density at radius 3 is 2.48 bits per heavy atom. The number of ketones is 2. The monoisotopic (exact) mass is 324 g/mol. The van der Waals surface area contributed by atoms with Gasteiger partial charge in [0.1, 0.15) is 15.6 Å². The lowest BCUT2D eigenvalue weighted by Crippen LogP contribution is -2.32. The average Bonchev–Trinajstić information content (AvgIpc) is 3.05. The molecule has 2 aliphatic rings. The molecular formula is C18H16N2O2S. The van der Waals surface area contributed by atoms with Gasteiger partial charge in [0.05, 0.1) is 5.70 Å². The lowest BCUT2D eigenvalue weighted by molar-refractivity contribution is -0.111. The number of carbonyl (C=O) groups is 2. The van der Waals surface area contributed by atoms with Gasteiger partial charge >= 0.3 is 0 Å². The topological polar surface area (TPSA) is 50.3 Å². The molecule has 23 heavy (non-hydrogen) atoms. The largest absolute Gasteiger partial charge is 0.370 e. The number of thiazole rings is 1. The van der Waals surface area contributed by atoms with E-state index in [0.717, 1.165) is 42.2 Å². The van der Waals surface area contributed by atoms with E-state index < -0.39 is 11.6 Å². The Bertz CT molecular complexity index is 802. The molecule has 0 atom stereocenters. The zero-order chi connectivity index (χ0) is 15.8. The second-order valence-electron chi connectivity index (χ2n) is 5.83. The molecule has 1 saturated heterocycles. The number of fused-ring (bicyclic) bond motifs is 1. The van der Waals surface area contributed by atoms with Crippen LogP contribution in [0.15, 0.2) is 36.4 Å². The zero-order valence-electron chi connectivity index (χ0n) is 12.6. The van der Waals surface area contributed by atoms with Crippen LogP contribution in [0.3, 0.4) is 0 Å². The molecule has 0 amide bonds. The molecule has 2 aromatic rings. The molecule has 4 rings (SSSR count). The van der Waals surface area contributed by atoms with Crippen molar-refractivity contribution >= 4 is 28.6 Å². The summed E-state index contributed by atoms with van der Waals surface area (Å²) in [7, 11) is 0. The van der Waals surface area contributed by atoms with Gasteiger partial charge in [-0.2, -0.15) is 0 Å². The van der Waals surface area contributed by atoms with E-state index in [4.69, 9.17) is 4.98 Å². The van der Waals surface area contributed by atoms with E-state index in [1.807, 2.05) is 30.3 Å². The van der Waals surface area contributed by atoms with Crippen molar-refractivity contribution in [1.29, 1.82) is 0 Å². The highest BCUT2D eigenvalue weighted by Gasteiger charge is 2.33. The molecule has 2 heterocycles. The Morgan fingerprint density at radius 1 is 1.00 bits per heavy atom. The van der Waals surface area contributed by atoms with Crippen LogP contribution >= 0.6 is 11.3 Å². The minimum atomic E-state index is -0.430. The fraction of sp³-hybridized carbons (Fsp3) is 0.278. The first-order chi connectivity index (χ1) is 11.2. The van der Waals surface area contributed by atoms with Crippen molar-refractivity contribution in [2.75, 3.05) is 13.1 Å². The van der Waals surface area contributed by atoms with Crippen molar-refractivity contribution in [2.45, 2.75) is 19.3 Å². The van der Waals surface area contributed by atoms with E-state index in [1.165, 1.54) is 23.8 Å². The van der Waals surface area contributed by atoms with Gasteiger partial charge in [0.15, 0.2) is 0 Å². The number of likely N-dealkylation sites (tertiary alicyclic amines) is 1. The normalized spacial score (nSPS) is 17.9. The molecule has 0 spiro atoms. The first-order valence-corrected chi connectivity index (χ1v) is 8.67. The predicted molar refractivity (Wildman–Crippen MR) is 90.3 cm³/mol. The molecule has 1 fully saturated rings. The number of hydrogen-bond donors (Lipinski definition) is 0. The summed E-state index contributed by atoms with van der Waals surface area (Å²) >= 11 is 1.32. The average molecular weight is 324 g/mol. The molecule has 0 N–H and O–H groups in total. The SMILES string of the molecule is O=C1C=C(N2CCCCC2)c2nc(-c3ccccc3)sc2C1=O. The lowest BCUT2D eigenvalue weighted by atomic mass is 10.0. The van der Waals surface area contributed by atoms with Gasteiger partial charge in [0.2, 0.25) is 11.6 Å². The summed E-state index contributed by atoms with van der Waals surface area (Å²) in [6.07, 6.45) is 4.93. The van der Waals surface area contributed by atoms with E-state index in [2.05, 4.69) is 4.90 Å². The van der Waals surface area contributed by atoms with Crippen molar-refractivity contribution in [3.8, 4) is 10.6 Å². The van der Waals surface area contributed by atoms with Gasteiger partial charge in [-0.25, -0.2) is 4.98 Å². The molecule has 0 radical (unpaired) electrons. The fourth-order valence-corrected chi connectivity index (χ4v) is 4.12. The molecule has 1 aliphatic carbocycles. The summed E-state index contributed by atoms with van der Waals surface area (Å²) in [4.78, 5) is 31.7. The van der Waals surface area contributed by atoms with Crippen molar-refractivity contribution in [3.05, 3.63) is 47.0 Å². The summed E-state index contributed by atoms with van der Waals surface area (Å²) in [5.74, 6) is -0.859. The van der Waals surface area contributed by atoms with Gasteiger partial charge in [0.25, 0.3) is 0 Å². The third-order valence-corrected chi connectivity index (χ3v) is 5.39. The number of hydrogen-bond acceptors (Lipinski definition) is 5. The maximum Gasteiger partial charge on any atom is 0.245 e. The van der Waals surface area contributed by atoms with Gasteiger partial charge < -0.3 is 4.90 Å². The fourth-order valence-electron chi connectivity index (χ4n) is 3.10. The lowest BCUT2D eigenvalue weighted by Gasteiger charge is -2.31. The highest BCUT2D eigenvalue weighted by atomic mass is 32.1. The molecule has 1 aromatic carbocycles. The maximum absolute atomic E-state index is 12.2. The summed E-state index contributed by atoms with van der Waals surface area (Å²) in [6.45, 7) is 1.84. The molecule has 1 aliphatic heterocycles. The number of benzene rings is 1. The van der Waals surface area contributed by atoms with Crippen LogP contribution in [0.4, 0.5) is 0 Å². The highest BCUT2D eigenvalue weighted by molar-refractivity contribution is 7.18. The minimum absolute atomic E-state index is 0.429. The number of nitrogens with zero attached hydrogens (tertiary/aromatic N) is 2. The smallest absolute Gasteiger partial charge is 0.245 e. The minimum Gasteiger partial charge on any atom is -0.370 e. The standard InChI is InChI=1S/C18H16N2O2S/c21-14-11-13(20-9-5-2-6-10-20)15-17(16(14)22)23-18(19-15)12-7-3-1-4-8-12/h1,3-4,7-8,11H,2,5-6,9-10H2. The van der Waals surface area contributed by atoms with Crippen LogP contribution in [0.1, 0.15) is 34.6 Å². The van der Waals surface area contributed by atoms with Gasteiger partial charge in [-0.1, -0.05) is 30.3 Å². The van der Waals surface area contributed by atoms with Crippen molar-refractivity contribution in [2.24, 2.45) is 0 Å². The van der Waals surface area contributed by atoms with Crippen LogP contribution < -0.4 is 0 Å². The molecule has 0 bridgehead atoms. The van der Waals surface area contributed by atoms with Crippen LogP contribution in [0.25, 0.3) is 16.3 Å². The first kappa shape index (κ1) is 14.3. The van der Waals surface area contributed by atoms with E-state index in [9.17, 15) is 9.59 Å². The van der Waals surface area contributed by atoms with Gasteiger partial charge in [-0.05, 0) is 19.3 Å². The Hall–Kier alpha value is -2.27. The van der Waals surface area contributed by atoms with Gasteiger partial charge in [-0.3, -0.25) is 9.59 Å². The van der Waals surface area contributed by atoms with E-state index in [1.54, 1.807) is 0 Å². The van der Waals surface area contributed by atoms with Gasteiger partial charge in [0, 0.05) is 24.7 Å². The summed E-state index contributed by atoms with van der Waals surface area (Å²) in [6, 6.07) is 9.79. The maximum atomic E-state index is 12.2. The van der Waals surface area contributed by atoms with Crippen molar-refractivity contribution in [3.63, 3.8) is 0 Å². The van der Waals surface area contributed by atoms with Crippen LogP contribution in [-0.2, 0) is 4.79 Å². The predicted octanol–water partition coefficient (Wildman–Crippen LogP) is 3.40. The molecule has 0 unspecified atom stereocenters. The Kier molecular flexibility index (Phi) is 3.58. The molecule has 1 aromatic heterocycles. The van der Waals surface area contributed by atoms with E-state index >= 15 is 0 Å². The number of Topliss-reactive ketones (excluding diaryl/α,β-unsaturated/α-hetero) is 1. The summed E-state index contributed by atoms with van der Waals surface area (Å²) in [5.41, 5.74) is 2.48. The Morgan fingerprint density at radius 2 is 1.74 bits per heavy atom. The van der Waals surface area contributed by atoms with Crippen LogP contribution in [0, 0.1) is 0 Å². The van der Waals surface area contributed by atoms with Crippen molar-refractivity contribution in [1.82, 2.24) is 9.88 Å². The second-order valence-corrected chi connectivity index (χ2v) is 6.83. The molecule has 116 valence electrons. The first-order valence-electron chi connectivity index (χ1n) is 7.86. The number of rotatable bonds is 2. The molecule has 0 saturated carbocycles. The highest BCUT2D eigenvalue weighted by Crippen LogP contribution is 2.36. The van der Waals surface area contributed by atoms with E-state index in [-0.39, 0.29) is 0 Å². The number of piperidine rings is 1.